The highest BCUT2D eigenvalue weighted by atomic mass is 35.5. The molecular weight excluding hydrogens is 439 g/mol. The van der Waals surface area contributed by atoms with Crippen molar-refractivity contribution >= 4 is 34.9 Å². The van der Waals surface area contributed by atoms with E-state index in [-0.39, 0.29) is 28.3 Å². The average Bonchev–Trinajstić information content (AvgIpc) is 2.69. The van der Waals surface area contributed by atoms with Gasteiger partial charge in [-0.1, -0.05) is 23.7 Å². The van der Waals surface area contributed by atoms with E-state index in [1.54, 1.807) is 12.1 Å². The van der Waals surface area contributed by atoms with Crippen LogP contribution in [0.15, 0.2) is 48.5 Å². The fraction of sp³-hybridized carbons (Fsp3) is 0.0476. The van der Waals surface area contributed by atoms with Crippen molar-refractivity contribution in [3.8, 4) is 22.6 Å². The summed E-state index contributed by atoms with van der Waals surface area (Å²) >= 11 is 5.79. The van der Waals surface area contributed by atoms with E-state index in [2.05, 4.69) is 5.32 Å². The molecule has 0 spiro atoms. The van der Waals surface area contributed by atoms with E-state index in [4.69, 9.17) is 16.3 Å². The minimum Gasteiger partial charge on any atom is -0.478 e. The Labute approximate surface area is 177 Å². The van der Waals surface area contributed by atoms with Crippen LogP contribution in [0.3, 0.4) is 0 Å². The Morgan fingerprint density at radius 2 is 1.58 bits per heavy atom. The molecule has 0 saturated carbocycles. The predicted molar refractivity (Wildman–Crippen MR) is 106 cm³/mol. The Hall–Kier alpha value is -3.72. The van der Waals surface area contributed by atoms with Crippen LogP contribution in [0.1, 0.15) is 26.3 Å². The monoisotopic (exact) mass is 449 g/mol. The number of benzene rings is 3. The maximum atomic E-state index is 12.9. The summed E-state index contributed by atoms with van der Waals surface area (Å²) in [6, 6.07) is 10.2. The van der Waals surface area contributed by atoms with Gasteiger partial charge in [0.05, 0.1) is 33.1 Å². The van der Waals surface area contributed by atoms with E-state index < -0.39 is 28.7 Å². The second kappa shape index (κ2) is 7.21. The number of aromatic carboxylic acids is 2. The van der Waals surface area contributed by atoms with Gasteiger partial charge in [-0.25, -0.2) is 9.59 Å². The first-order valence-corrected chi connectivity index (χ1v) is 9.03. The number of hydrogen-bond donors (Lipinski definition) is 3. The third-order valence-corrected chi connectivity index (χ3v) is 4.96. The normalized spacial score (nSPS) is 12.3. The zero-order chi connectivity index (χ0) is 22.5. The van der Waals surface area contributed by atoms with Gasteiger partial charge in [-0.3, -0.25) is 0 Å². The summed E-state index contributed by atoms with van der Waals surface area (Å²) in [6.07, 6.45) is -4.58. The van der Waals surface area contributed by atoms with Gasteiger partial charge < -0.3 is 20.3 Å². The maximum Gasteiger partial charge on any atom is 0.417 e. The summed E-state index contributed by atoms with van der Waals surface area (Å²) in [5, 5.41) is 21.1. The minimum atomic E-state index is -4.58. The summed E-state index contributed by atoms with van der Waals surface area (Å²) in [4.78, 5) is 22.9. The van der Waals surface area contributed by atoms with Crippen LogP contribution in [0, 0.1) is 0 Å². The van der Waals surface area contributed by atoms with E-state index in [1.807, 2.05) is 0 Å². The van der Waals surface area contributed by atoms with Crippen LogP contribution in [0.25, 0.3) is 11.1 Å². The van der Waals surface area contributed by atoms with Crippen molar-refractivity contribution in [2.75, 3.05) is 5.32 Å². The fourth-order valence-electron chi connectivity index (χ4n) is 3.18. The second-order valence-corrected chi connectivity index (χ2v) is 7.04. The molecule has 0 bridgehead atoms. The lowest BCUT2D eigenvalue weighted by atomic mass is 10.0. The van der Waals surface area contributed by atoms with Crippen LogP contribution in [0.2, 0.25) is 5.02 Å². The van der Waals surface area contributed by atoms with E-state index >= 15 is 0 Å². The van der Waals surface area contributed by atoms with Crippen LogP contribution in [0.5, 0.6) is 11.5 Å². The number of rotatable bonds is 3. The second-order valence-electron chi connectivity index (χ2n) is 6.64. The molecule has 4 rings (SSSR count). The predicted octanol–water partition coefficient (Wildman–Crippen LogP) is 6.27. The van der Waals surface area contributed by atoms with Crippen molar-refractivity contribution in [3.05, 3.63) is 70.2 Å². The SMILES string of the molecule is O=C(O)c1cc2c(c(C(=O)O)c1)Nc1ccc(-c3ccc(C(F)(F)F)c(Cl)c3)cc1O2. The molecule has 158 valence electrons. The Kier molecular flexibility index (Phi) is 4.78. The highest BCUT2D eigenvalue weighted by Crippen LogP contribution is 2.46. The summed E-state index contributed by atoms with van der Waals surface area (Å²) < 4.78 is 44.5. The minimum absolute atomic E-state index is 0.00704. The Morgan fingerprint density at radius 3 is 2.19 bits per heavy atom. The van der Waals surface area contributed by atoms with E-state index in [0.29, 0.717) is 16.8 Å². The molecule has 10 heteroatoms. The molecule has 1 heterocycles. The molecule has 1 aliphatic heterocycles. The molecule has 0 radical (unpaired) electrons. The van der Waals surface area contributed by atoms with Gasteiger partial charge in [0.1, 0.15) is 0 Å². The number of carboxylic acids is 2. The van der Waals surface area contributed by atoms with Crippen molar-refractivity contribution in [2.45, 2.75) is 6.18 Å². The van der Waals surface area contributed by atoms with E-state index in [9.17, 15) is 33.0 Å². The van der Waals surface area contributed by atoms with Gasteiger partial charge in [0.2, 0.25) is 0 Å². The molecule has 3 N–H and O–H groups in total. The van der Waals surface area contributed by atoms with Crippen LogP contribution in [0.4, 0.5) is 24.5 Å². The molecule has 0 unspecified atom stereocenters. The number of fused-ring (bicyclic) bond motifs is 2. The zero-order valence-electron chi connectivity index (χ0n) is 15.2. The molecule has 0 aromatic heterocycles. The lowest BCUT2D eigenvalue weighted by molar-refractivity contribution is -0.137. The Balaban J connectivity index is 1.75. The van der Waals surface area contributed by atoms with Crippen molar-refractivity contribution in [2.24, 2.45) is 0 Å². The molecule has 0 aliphatic carbocycles. The number of alkyl halides is 3. The van der Waals surface area contributed by atoms with Gasteiger partial charge in [0.15, 0.2) is 11.5 Å². The van der Waals surface area contributed by atoms with Crippen LogP contribution in [-0.2, 0) is 6.18 Å². The topological polar surface area (TPSA) is 95.9 Å². The lowest BCUT2D eigenvalue weighted by Gasteiger charge is -2.24. The maximum absolute atomic E-state index is 12.9. The zero-order valence-corrected chi connectivity index (χ0v) is 16.0. The van der Waals surface area contributed by atoms with Gasteiger partial charge in [-0.05, 0) is 47.5 Å². The third-order valence-electron chi connectivity index (χ3n) is 4.65. The van der Waals surface area contributed by atoms with E-state index in [1.165, 1.54) is 24.3 Å². The Morgan fingerprint density at radius 1 is 0.903 bits per heavy atom. The summed E-state index contributed by atoms with van der Waals surface area (Å²) in [5.74, 6) is -2.44. The first-order chi connectivity index (χ1) is 14.5. The summed E-state index contributed by atoms with van der Waals surface area (Å²) in [5.41, 5.74) is -0.111. The number of anilines is 2. The number of carbonyl (C=O) groups is 2. The Bertz CT molecular complexity index is 1260. The first-order valence-electron chi connectivity index (χ1n) is 8.65. The molecule has 0 fully saturated rings. The van der Waals surface area contributed by atoms with Gasteiger partial charge in [-0.2, -0.15) is 13.2 Å². The van der Waals surface area contributed by atoms with Gasteiger partial charge in [-0.15, -0.1) is 0 Å². The van der Waals surface area contributed by atoms with Crippen molar-refractivity contribution < 1.29 is 37.7 Å². The quantitative estimate of drug-likeness (QED) is 0.341. The number of nitrogens with one attached hydrogen (secondary N) is 1. The largest absolute Gasteiger partial charge is 0.478 e. The van der Waals surface area contributed by atoms with E-state index in [0.717, 1.165) is 12.1 Å². The van der Waals surface area contributed by atoms with Crippen molar-refractivity contribution in [1.82, 2.24) is 0 Å². The molecule has 0 amide bonds. The van der Waals surface area contributed by atoms with Gasteiger partial charge in [0, 0.05) is 0 Å². The fourth-order valence-corrected chi connectivity index (χ4v) is 3.47. The molecular formula is C21H11ClF3NO5. The number of hydrogen-bond acceptors (Lipinski definition) is 4. The average molecular weight is 450 g/mol. The standard InChI is InChI=1S/C21H11ClF3NO5/c22-14-6-9(1-3-13(14)21(23,24)25)10-2-4-15-16(7-10)31-17-8-11(19(27)28)5-12(20(29)30)18(17)26-15/h1-8,26H,(H,27,28)(H,29,30). The highest BCUT2D eigenvalue weighted by molar-refractivity contribution is 6.31. The molecule has 0 saturated heterocycles. The molecule has 3 aromatic carbocycles. The highest BCUT2D eigenvalue weighted by Gasteiger charge is 2.33. The molecule has 3 aromatic rings. The summed E-state index contributed by atoms with van der Waals surface area (Å²) in [7, 11) is 0. The van der Waals surface area contributed by atoms with Gasteiger partial charge >= 0.3 is 18.1 Å². The number of halogens is 4. The molecule has 6 nitrogen and oxygen atoms in total. The first kappa shape index (κ1) is 20.5. The smallest absolute Gasteiger partial charge is 0.417 e. The summed E-state index contributed by atoms with van der Waals surface area (Å²) in [6.45, 7) is 0. The van der Waals surface area contributed by atoms with Crippen molar-refractivity contribution in [3.63, 3.8) is 0 Å². The van der Waals surface area contributed by atoms with Gasteiger partial charge in [0.25, 0.3) is 0 Å². The van der Waals surface area contributed by atoms with Crippen molar-refractivity contribution in [1.29, 1.82) is 0 Å². The number of carboxylic acid groups (broad SMARTS) is 2. The molecule has 1 aliphatic rings. The molecule has 31 heavy (non-hydrogen) atoms. The lowest BCUT2D eigenvalue weighted by Crippen LogP contribution is -2.11. The van der Waals surface area contributed by atoms with Crippen LogP contribution in [-0.4, -0.2) is 22.2 Å². The van der Waals surface area contributed by atoms with Crippen LogP contribution < -0.4 is 10.1 Å². The third kappa shape index (κ3) is 3.75. The number of ether oxygens (including phenoxy) is 1. The van der Waals surface area contributed by atoms with Crippen LogP contribution >= 0.6 is 11.6 Å². The molecule has 0 atom stereocenters.